The van der Waals surface area contributed by atoms with Crippen LogP contribution in [0.2, 0.25) is 0 Å². The Labute approximate surface area is 94.0 Å². The summed E-state index contributed by atoms with van der Waals surface area (Å²) in [6, 6.07) is 5.68. The highest BCUT2D eigenvalue weighted by Crippen LogP contribution is 2.23. The Morgan fingerprint density at radius 3 is 3.00 bits per heavy atom. The average molecular weight is 218 g/mol. The van der Waals surface area contributed by atoms with Crippen LogP contribution in [0, 0.1) is 0 Å². The first kappa shape index (κ1) is 10.7. The molecule has 1 aromatic rings. The van der Waals surface area contributed by atoms with Gasteiger partial charge >= 0.3 is 0 Å². The highest BCUT2D eigenvalue weighted by Gasteiger charge is 2.13. The number of benzene rings is 1. The summed E-state index contributed by atoms with van der Waals surface area (Å²) in [4.78, 5) is 11.3. The number of hydrogen-bond acceptors (Lipinski definition) is 3. The Morgan fingerprint density at radius 2 is 2.25 bits per heavy atom. The second-order valence-electron chi connectivity index (χ2n) is 3.96. The number of rotatable bonds is 1. The second kappa shape index (κ2) is 4.35. The Hall–Kier alpha value is -1.84. The summed E-state index contributed by atoms with van der Waals surface area (Å²) >= 11 is 0. The highest BCUT2D eigenvalue weighted by molar-refractivity contribution is 5.99. The fraction of sp³-hybridized carbons (Fsp3) is 0.333. The smallest absolute Gasteiger partial charge is 0.224 e. The zero-order chi connectivity index (χ0) is 11.5. The third kappa shape index (κ3) is 2.05. The number of nitrogens with one attached hydrogen (secondary N) is 1. The van der Waals surface area contributed by atoms with Crippen molar-refractivity contribution >= 4 is 17.3 Å². The maximum atomic E-state index is 11.3. The van der Waals surface area contributed by atoms with E-state index in [0.717, 1.165) is 29.7 Å². The molecule has 4 nitrogen and oxygen atoms in total. The first-order valence-electron chi connectivity index (χ1n) is 5.32. The minimum absolute atomic E-state index is 0.0686. The van der Waals surface area contributed by atoms with Crippen LogP contribution in [0.15, 0.2) is 23.4 Å². The summed E-state index contributed by atoms with van der Waals surface area (Å²) in [6.45, 7) is 1.75. The number of nitrogens with zero attached hydrogens (tertiary/aromatic N) is 1. The van der Waals surface area contributed by atoms with E-state index in [1.165, 1.54) is 0 Å². The first-order valence-corrected chi connectivity index (χ1v) is 5.32. The van der Waals surface area contributed by atoms with Crippen molar-refractivity contribution in [3.05, 3.63) is 29.3 Å². The summed E-state index contributed by atoms with van der Waals surface area (Å²) in [5.74, 6) is 0.0686. The van der Waals surface area contributed by atoms with Crippen molar-refractivity contribution in [3.8, 4) is 0 Å². The van der Waals surface area contributed by atoms with Crippen molar-refractivity contribution in [2.75, 3.05) is 5.32 Å². The molecule has 1 heterocycles. The lowest BCUT2D eigenvalue weighted by molar-refractivity contribution is -0.116. The maximum Gasteiger partial charge on any atom is 0.224 e. The Morgan fingerprint density at radius 1 is 1.44 bits per heavy atom. The summed E-state index contributed by atoms with van der Waals surface area (Å²) in [5.41, 5.74) is 3.44. The molecule has 1 aliphatic rings. The Balaban J connectivity index is 2.39. The van der Waals surface area contributed by atoms with E-state index in [1.54, 1.807) is 6.92 Å². The molecule has 0 unspecified atom stereocenters. The van der Waals surface area contributed by atoms with Gasteiger partial charge in [0.2, 0.25) is 5.91 Å². The molecule has 2 N–H and O–H groups in total. The van der Waals surface area contributed by atoms with E-state index in [-0.39, 0.29) is 5.91 Å². The summed E-state index contributed by atoms with van der Waals surface area (Å²) in [5, 5.41) is 14.7. The number of fused-ring (bicyclic) bond motifs is 1. The first-order chi connectivity index (χ1) is 7.70. The van der Waals surface area contributed by atoms with E-state index in [1.807, 2.05) is 18.2 Å². The molecule has 0 atom stereocenters. The molecule has 84 valence electrons. The van der Waals surface area contributed by atoms with Crippen LogP contribution in [0.25, 0.3) is 0 Å². The molecular weight excluding hydrogens is 204 g/mol. The van der Waals surface area contributed by atoms with Gasteiger partial charge in [0, 0.05) is 12.1 Å². The normalized spacial score (nSPS) is 16.3. The standard InChI is InChI=1S/C12H14N2O2/c1-8(14-16)9-5-6-11-10(7-9)3-2-4-12(15)13-11/h5-7,16H,2-4H2,1H3,(H,13,15)/b14-8-. The molecule has 0 spiro atoms. The van der Waals surface area contributed by atoms with Gasteiger partial charge in [-0.3, -0.25) is 4.79 Å². The van der Waals surface area contributed by atoms with Crippen LogP contribution in [0.1, 0.15) is 30.9 Å². The topological polar surface area (TPSA) is 61.7 Å². The summed E-state index contributed by atoms with van der Waals surface area (Å²) < 4.78 is 0. The summed E-state index contributed by atoms with van der Waals surface area (Å²) in [6.07, 6.45) is 2.30. The van der Waals surface area contributed by atoms with E-state index in [0.29, 0.717) is 12.1 Å². The van der Waals surface area contributed by atoms with Crippen LogP contribution < -0.4 is 5.32 Å². The predicted octanol–water partition coefficient (Wildman–Crippen LogP) is 2.16. The molecule has 0 bridgehead atoms. The van der Waals surface area contributed by atoms with Crippen molar-refractivity contribution in [2.45, 2.75) is 26.2 Å². The van der Waals surface area contributed by atoms with Gasteiger partial charge in [-0.1, -0.05) is 11.2 Å². The predicted molar refractivity (Wildman–Crippen MR) is 62.0 cm³/mol. The number of carbonyl (C=O) groups is 1. The fourth-order valence-corrected chi connectivity index (χ4v) is 1.86. The number of anilines is 1. The number of aryl methyl sites for hydroxylation is 1. The van der Waals surface area contributed by atoms with E-state index >= 15 is 0 Å². The van der Waals surface area contributed by atoms with Crippen LogP contribution in [-0.4, -0.2) is 16.8 Å². The highest BCUT2D eigenvalue weighted by atomic mass is 16.4. The maximum absolute atomic E-state index is 11.3. The van der Waals surface area contributed by atoms with Gasteiger partial charge < -0.3 is 10.5 Å². The van der Waals surface area contributed by atoms with Gasteiger partial charge in [0.05, 0.1) is 5.71 Å². The molecule has 0 radical (unpaired) electrons. The third-order valence-corrected chi connectivity index (χ3v) is 2.80. The lowest BCUT2D eigenvalue weighted by Gasteiger charge is -2.08. The van der Waals surface area contributed by atoms with E-state index in [2.05, 4.69) is 10.5 Å². The number of oxime groups is 1. The van der Waals surface area contributed by atoms with Crippen LogP contribution in [0.4, 0.5) is 5.69 Å². The monoisotopic (exact) mass is 218 g/mol. The van der Waals surface area contributed by atoms with Crippen LogP contribution in [0.3, 0.4) is 0 Å². The molecule has 16 heavy (non-hydrogen) atoms. The summed E-state index contributed by atoms with van der Waals surface area (Å²) in [7, 11) is 0. The molecule has 4 heteroatoms. The zero-order valence-electron chi connectivity index (χ0n) is 9.16. The lowest BCUT2D eigenvalue weighted by Crippen LogP contribution is -2.09. The van der Waals surface area contributed by atoms with Crippen LogP contribution in [0.5, 0.6) is 0 Å². The van der Waals surface area contributed by atoms with Gasteiger partial charge in [0.1, 0.15) is 0 Å². The van der Waals surface area contributed by atoms with Crippen molar-refractivity contribution in [2.24, 2.45) is 5.16 Å². The quantitative estimate of drug-likeness (QED) is 0.431. The van der Waals surface area contributed by atoms with Gasteiger partial charge in [0.25, 0.3) is 0 Å². The minimum atomic E-state index is 0.0686. The third-order valence-electron chi connectivity index (χ3n) is 2.80. The van der Waals surface area contributed by atoms with E-state index in [4.69, 9.17) is 5.21 Å². The second-order valence-corrected chi connectivity index (χ2v) is 3.96. The Bertz CT molecular complexity index is 452. The van der Waals surface area contributed by atoms with Crippen molar-refractivity contribution in [3.63, 3.8) is 0 Å². The number of hydrogen-bond donors (Lipinski definition) is 2. The SMILES string of the molecule is C/C(=N/O)c1ccc2c(c1)CCCC(=O)N2. The largest absolute Gasteiger partial charge is 0.411 e. The molecule has 0 aliphatic carbocycles. The molecule has 0 aromatic heterocycles. The van der Waals surface area contributed by atoms with Gasteiger partial charge in [-0.25, -0.2) is 0 Å². The van der Waals surface area contributed by atoms with Crippen LogP contribution in [-0.2, 0) is 11.2 Å². The number of amides is 1. The molecule has 0 saturated carbocycles. The van der Waals surface area contributed by atoms with Crippen molar-refractivity contribution in [1.29, 1.82) is 0 Å². The van der Waals surface area contributed by atoms with Gasteiger partial charge in [-0.2, -0.15) is 0 Å². The Kier molecular flexibility index (Phi) is 2.90. The van der Waals surface area contributed by atoms with E-state index < -0.39 is 0 Å². The molecule has 2 rings (SSSR count). The van der Waals surface area contributed by atoms with Gasteiger partial charge in [0.15, 0.2) is 0 Å². The van der Waals surface area contributed by atoms with Crippen molar-refractivity contribution in [1.82, 2.24) is 0 Å². The average Bonchev–Trinajstić information content (AvgIpc) is 2.47. The van der Waals surface area contributed by atoms with E-state index in [9.17, 15) is 4.79 Å². The minimum Gasteiger partial charge on any atom is -0.411 e. The molecule has 0 saturated heterocycles. The molecular formula is C12H14N2O2. The van der Waals surface area contributed by atoms with Gasteiger partial charge in [-0.05, 0) is 43.0 Å². The fourth-order valence-electron chi connectivity index (χ4n) is 1.86. The van der Waals surface area contributed by atoms with Gasteiger partial charge in [-0.15, -0.1) is 0 Å². The van der Waals surface area contributed by atoms with Crippen molar-refractivity contribution < 1.29 is 10.0 Å². The lowest BCUT2D eigenvalue weighted by atomic mass is 10.0. The molecule has 1 aliphatic heterocycles. The molecule has 0 fully saturated rings. The van der Waals surface area contributed by atoms with Crippen LogP contribution >= 0.6 is 0 Å². The number of carbonyl (C=O) groups excluding carboxylic acids is 1. The molecule has 1 aromatic carbocycles. The zero-order valence-corrected chi connectivity index (χ0v) is 9.16. The molecule has 1 amide bonds.